The number of guanidine groups is 1. The van der Waals surface area contributed by atoms with Gasteiger partial charge in [-0.1, -0.05) is 6.07 Å². The molecule has 1 aliphatic rings. The van der Waals surface area contributed by atoms with Gasteiger partial charge in [0.1, 0.15) is 0 Å². The number of carbonyl (C=O) groups excluding carboxylic acids is 1. The topological polar surface area (TPSA) is 119 Å². The molecule has 1 fully saturated rings. The Morgan fingerprint density at radius 3 is 2.81 bits per heavy atom. The lowest BCUT2D eigenvalue weighted by Crippen LogP contribution is -2.31. The minimum Gasteiger partial charge on any atom is -0.370 e. The monoisotopic (exact) mass is 387 g/mol. The molecule has 3 rings (SSSR count). The minimum absolute atomic E-state index is 0.111. The Morgan fingerprint density at radius 2 is 2.07 bits per heavy atom. The molecule has 1 aromatic heterocycles. The number of amides is 2. The zero-order chi connectivity index (χ0) is 19.2. The molecule has 0 spiro atoms. The third-order valence-electron chi connectivity index (χ3n) is 4.33. The summed E-state index contributed by atoms with van der Waals surface area (Å²) < 4.78 is 0. The van der Waals surface area contributed by atoms with E-state index in [-0.39, 0.29) is 12.0 Å². The van der Waals surface area contributed by atoms with Crippen LogP contribution in [0.1, 0.15) is 30.5 Å². The van der Waals surface area contributed by atoms with Crippen molar-refractivity contribution in [2.45, 2.75) is 32.7 Å². The number of rotatable bonds is 5. The van der Waals surface area contributed by atoms with Crippen LogP contribution in [0.25, 0.3) is 0 Å². The third kappa shape index (κ3) is 5.33. The first kappa shape index (κ1) is 19.0. The molecule has 6 N–H and O–H groups in total. The molecule has 2 aromatic rings. The average molecular weight is 388 g/mol. The van der Waals surface area contributed by atoms with Gasteiger partial charge in [-0.3, -0.25) is 10.7 Å². The van der Waals surface area contributed by atoms with E-state index in [2.05, 4.69) is 38.8 Å². The van der Waals surface area contributed by atoms with E-state index in [9.17, 15) is 4.79 Å². The second-order valence-electron chi connectivity index (χ2n) is 6.56. The zero-order valence-electron chi connectivity index (χ0n) is 15.3. The highest BCUT2D eigenvalue weighted by atomic mass is 32.1. The van der Waals surface area contributed by atoms with Crippen molar-refractivity contribution in [2.24, 2.45) is 5.73 Å². The quantitative estimate of drug-likeness (QED) is 0.399. The highest BCUT2D eigenvalue weighted by molar-refractivity contribution is 7.13. The predicted molar refractivity (Wildman–Crippen MR) is 111 cm³/mol. The summed E-state index contributed by atoms with van der Waals surface area (Å²) >= 11 is 1.33. The number of piperidine rings is 1. The summed E-state index contributed by atoms with van der Waals surface area (Å²) in [6.45, 7) is 4.44. The number of nitrogens with two attached hydrogens (primary N) is 1. The van der Waals surface area contributed by atoms with Crippen LogP contribution in [0.2, 0.25) is 0 Å². The number of carbonyl (C=O) groups is 1. The summed E-state index contributed by atoms with van der Waals surface area (Å²) in [4.78, 5) is 19.1. The molecule has 9 heteroatoms. The SMILES string of the molecule is Cc1ccc(NC(=O)Nc2nc(CNC(=N)N)cs2)c(N2CCCCC2)c1. The second kappa shape index (κ2) is 8.72. The first-order chi connectivity index (χ1) is 13.0. The van der Waals surface area contributed by atoms with Gasteiger partial charge in [-0.15, -0.1) is 11.3 Å². The van der Waals surface area contributed by atoms with Crippen LogP contribution in [-0.4, -0.2) is 30.1 Å². The smallest absolute Gasteiger partial charge is 0.325 e. The van der Waals surface area contributed by atoms with Crippen molar-refractivity contribution >= 4 is 39.8 Å². The molecular weight excluding hydrogens is 362 g/mol. The van der Waals surface area contributed by atoms with Crippen LogP contribution in [0.5, 0.6) is 0 Å². The summed E-state index contributed by atoms with van der Waals surface area (Å²) in [6.07, 6.45) is 3.61. The van der Waals surface area contributed by atoms with Crippen molar-refractivity contribution in [1.29, 1.82) is 5.41 Å². The van der Waals surface area contributed by atoms with Crippen molar-refractivity contribution in [3.63, 3.8) is 0 Å². The summed E-state index contributed by atoms with van der Waals surface area (Å²) in [5.41, 5.74) is 9.02. The number of nitrogens with zero attached hydrogens (tertiary/aromatic N) is 2. The molecule has 0 saturated carbocycles. The van der Waals surface area contributed by atoms with Crippen LogP contribution >= 0.6 is 11.3 Å². The molecule has 1 saturated heterocycles. The molecule has 27 heavy (non-hydrogen) atoms. The summed E-state index contributed by atoms with van der Waals surface area (Å²) in [6, 6.07) is 5.74. The number of aromatic nitrogens is 1. The second-order valence-corrected chi connectivity index (χ2v) is 7.42. The van der Waals surface area contributed by atoms with Gasteiger partial charge >= 0.3 is 6.03 Å². The third-order valence-corrected chi connectivity index (χ3v) is 5.14. The summed E-state index contributed by atoms with van der Waals surface area (Å²) in [5.74, 6) is -0.111. The van der Waals surface area contributed by atoms with Gasteiger partial charge in [-0.05, 0) is 43.9 Å². The summed E-state index contributed by atoms with van der Waals surface area (Å²) in [7, 11) is 0. The van der Waals surface area contributed by atoms with Crippen molar-refractivity contribution in [1.82, 2.24) is 10.3 Å². The van der Waals surface area contributed by atoms with Crippen molar-refractivity contribution in [3.8, 4) is 0 Å². The Kier molecular flexibility index (Phi) is 6.12. The highest BCUT2D eigenvalue weighted by Gasteiger charge is 2.16. The number of thiazole rings is 1. The lowest BCUT2D eigenvalue weighted by atomic mass is 10.1. The van der Waals surface area contributed by atoms with Crippen molar-refractivity contribution < 1.29 is 4.79 Å². The van der Waals surface area contributed by atoms with E-state index in [1.165, 1.54) is 36.2 Å². The van der Waals surface area contributed by atoms with Gasteiger partial charge in [-0.25, -0.2) is 9.78 Å². The Labute approximate surface area is 162 Å². The number of hydrogen-bond acceptors (Lipinski definition) is 5. The van der Waals surface area contributed by atoms with E-state index in [1.807, 2.05) is 17.5 Å². The number of aryl methyl sites for hydroxylation is 1. The Hall–Kier alpha value is -2.81. The number of hydrogen-bond donors (Lipinski definition) is 5. The molecule has 0 aliphatic carbocycles. The molecule has 0 unspecified atom stereocenters. The molecule has 8 nitrogen and oxygen atoms in total. The van der Waals surface area contributed by atoms with Crippen molar-refractivity contribution in [3.05, 3.63) is 34.8 Å². The van der Waals surface area contributed by atoms with Gasteiger partial charge in [0.15, 0.2) is 11.1 Å². The fourth-order valence-corrected chi connectivity index (χ4v) is 3.73. The van der Waals surface area contributed by atoms with E-state index in [4.69, 9.17) is 11.1 Å². The molecule has 2 amide bonds. The fraction of sp³-hybridized carbons (Fsp3) is 0.389. The molecule has 0 atom stereocenters. The van der Waals surface area contributed by atoms with Crippen LogP contribution in [0.4, 0.5) is 21.3 Å². The Balaban J connectivity index is 1.64. The standard InChI is InChI=1S/C18H25N7OS/c1-12-5-6-14(15(9-12)25-7-3-2-4-8-25)23-17(26)24-18-22-13(11-27-18)10-21-16(19)20/h5-6,9,11H,2-4,7-8,10H2,1H3,(H4,19,20,21)(H2,22,23,24,26). The van der Waals surface area contributed by atoms with Crippen LogP contribution in [0, 0.1) is 12.3 Å². The van der Waals surface area contributed by atoms with E-state index >= 15 is 0 Å². The fourth-order valence-electron chi connectivity index (χ4n) is 3.03. The Morgan fingerprint density at radius 1 is 1.30 bits per heavy atom. The maximum atomic E-state index is 12.4. The van der Waals surface area contributed by atoms with Crippen molar-refractivity contribution in [2.75, 3.05) is 28.6 Å². The van der Waals surface area contributed by atoms with Crippen LogP contribution < -0.4 is 26.6 Å². The van der Waals surface area contributed by atoms with E-state index < -0.39 is 0 Å². The van der Waals surface area contributed by atoms with Gasteiger partial charge in [0, 0.05) is 18.5 Å². The van der Waals surface area contributed by atoms with Crippen LogP contribution in [-0.2, 0) is 6.54 Å². The number of urea groups is 1. The highest BCUT2D eigenvalue weighted by Crippen LogP contribution is 2.30. The maximum Gasteiger partial charge on any atom is 0.325 e. The van der Waals surface area contributed by atoms with Crippen LogP contribution in [0.3, 0.4) is 0 Å². The predicted octanol–water partition coefficient (Wildman–Crippen LogP) is 3.07. The lowest BCUT2D eigenvalue weighted by molar-refractivity contribution is 0.262. The summed E-state index contributed by atoms with van der Waals surface area (Å²) in [5, 5.41) is 17.9. The van der Waals surface area contributed by atoms with E-state index in [0.29, 0.717) is 11.7 Å². The van der Waals surface area contributed by atoms with Gasteiger partial charge in [0.25, 0.3) is 0 Å². The largest absolute Gasteiger partial charge is 0.370 e. The van der Waals surface area contributed by atoms with E-state index in [0.717, 1.165) is 30.2 Å². The van der Waals surface area contributed by atoms with Gasteiger partial charge in [0.05, 0.1) is 23.6 Å². The average Bonchev–Trinajstić information content (AvgIpc) is 3.09. The number of nitrogens with one attached hydrogen (secondary N) is 4. The maximum absolute atomic E-state index is 12.4. The molecule has 1 aliphatic heterocycles. The van der Waals surface area contributed by atoms with Gasteiger partial charge in [0.2, 0.25) is 0 Å². The van der Waals surface area contributed by atoms with Gasteiger partial charge in [-0.2, -0.15) is 0 Å². The first-order valence-electron chi connectivity index (χ1n) is 8.97. The van der Waals surface area contributed by atoms with E-state index in [1.54, 1.807) is 0 Å². The molecule has 2 heterocycles. The lowest BCUT2D eigenvalue weighted by Gasteiger charge is -2.30. The zero-order valence-corrected chi connectivity index (χ0v) is 16.2. The Bertz CT molecular complexity index is 814. The number of benzene rings is 1. The first-order valence-corrected chi connectivity index (χ1v) is 9.85. The molecule has 0 bridgehead atoms. The van der Waals surface area contributed by atoms with Crippen LogP contribution in [0.15, 0.2) is 23.6 Å². The molecule has 1 aromatic carbocycles. The van der Waals surface area contributed by atoms with Gasteiger partial charge < -0.3 is 21.3 Å². The molecule has 144 valence electrons. The molecular formula is C18H25N7OS. The minimum atomic E-state index is -0.322. The number of anilines is 3. The molecule has 0 radical (unpaired) electrons. The normalized spacial score (nSPS) is 13.9.